The van der Waals surface area contributed by atoms with Gasteiger partial charge in [-0.05, 0) is 27.8 Å². The second kappa shape index (κ2) is 19.3. The molecule has 6 atom stereocenters. The van der Waals surface area contributed by atoms with Crippen molar-refractivity contribution in [2.45, 2.75) is 69.7 Å². The fourth-order valence-electron chi connectivity index (χ4n) is 6.03. The molecule has 0 bridgehead atoms. The van der Waals surface area contributed by atoms with Crippen LogP contribution in [-0.4, -0.2) is 55.1 Å². The first-order valence-corrected chi connectivity index (χ1v) is 17.3. The van der Waals surface area contributed by atoms with E-state index in [1.54, 1.807) is 0 Å². The molecule has 0 amide bonds. The maximum absolute atomic E-state index is 11.0. The van der Waals surface area contributed by atoms with Gasteiger partial charge in [-0.1, -0.05) is 152 Å². The molecule has 6 rings (SSSR count). The Bertz CT molecular complexity index is 1620. The van der Waals surface area contributed by atoms with Crippen molar-refractivity contribution < 1.29 is 33.5 Å². The number of aliphatic hydroxyl groups is 1. The van der Waals surface area contributed by atoms with Crippen LogP contribution in [0, 0.1) is 0 Å². The average Bonchev–Trinajstić information content (AvgIpc) is 3.17. The van der Waals surface area contributed by atoms with Gasteiger partial charge in [0, 0.05) is 6.42 Å². The topological polar surface area (TPSA) is 75.6 Å². The third kappa shape index (κ3) is 10.9. The van der Waals surface area contributed by atoms with Crippen LogP contribution in [0.15, 0.2) is 152 Å². The molecule has 1 aliphatic rings. The van der Waals surface area contributed by atoms with Gasteiger partial charge in [-0.25, -0.2) is 0 Å². The normalized spacial score (nSPS) is 21.1. The van der Waals surface area contributed by atoms with Crippen LogP contribution in [0.25, 0.3) is 0 Å². The first kappa shape index (κ1) is 35.6. The number of hydrogen-bond acceptors (Lipinski definition) is 7. The lowest BCUT2D eigenvalue weighted by atomic mass is 9.97. The number of rotatable bonds is 18. The molecule has 1 unspecified atom stereocenters. The Morgan fingerprint density at radius 2 is 0.860 bits per heavy atom. The molecule has 0 saturated carbocycles. The van der Waals surface area contributed by atoms with E-state index < -0.39 is 36.8 Å². The molecular formula is C43H46O7. The molecule has 1 fully saturated rings. The molecule has 260 valence electrons. The predicted molar refractivity (Wildman–Crippen MR) is 192 cm³/mol. The largest absolute Gasteiger partial charge is 0.390 e. The predicted octanol–water partition coefficient (Wildman–Crippen LogP) is 7.30. The van der Waals surface area contributed by atoms with Crippen LogP contribution in [0.1, 0.15) is 27.8 Å². The van der Waals surface area contributed by atoms with Crippen LogP contribution in [0.4, 0.5) is 0 Å². The van der Waals surface area contributed by atoms with Crippen molar-refractivity contribution in [2.75, 3.05) is 13.2 Å². The first-order chi connectivity index (χ1) is 24.7. The van der Waals surface area contributed by atoms with E-state index in [0.29, 0.717) is 32.8 Å². The Hall–Kier alpha value is -4.18. The summed E-state index contributed by atoms with van der Waals surface area (Å²) in [5.74, 6) is 0. The second-order valence-corrected chi connectivity index (χ2v) is 12.5. The third-order valence-corrected chi connectivity index (χ3v) is 8.61. The Morgan fingerprint density at radius 3 is 1.34 bits per heavy atom. The molecule has 1 heterocycles. The molecular weight excluding hydrogens is 628 g/mol. The van der Waals surface area contributed by atoms with Gasteiger partial charge in [0.1, 0.15) is 24.4 Å². The molecule has 0 radical (unpaired) electrons. The highest BCUT2D eigenvalue weighted by Gasteiger charge is 2.49. The number of aliphatic hydroxyl groups excluding tert-OH is 1. The van der Waals surface area contributed by atoms with Crippen molar-refractivity contribution >= 4 is 0 Å². The summed E-state index contributed by atoms with van der Waals surface area (Å²) in [6.07, 6.45) is -3.58. The van der Waals surface area contributed by atoms with Crippen LogP contribution in [0.5, 0.6) is 0 Å². The summed E-state index contributed by atoms with van der Waals surface area (Å²) in [5.41, 5.74) is 5.14. The molecule has 1 saturated heterocycles. The SMILES string of the molecule is OC(CO[C@@H]1O[C@H](COCc2ccccc2)[C@@H](OCc2ccccc2)[C@H](OCc2ccccc2)[C@H]1OCc1ccccc1)Cc1ccccc1. The van der Waals surface area contributed by atoms with Crippen LogP contribution >= 0.6 is 0 Å². The lowest BCUT2D eigenvalue weighted by Crippen LogP contribution is -2.62. The highest BCUT2D eigenvalue weighted by molar-refractivity contribution is 5.17. The summed E-state index contributed by atoms with van der Waals surface area (Å²) in [7, 11) is 0. The molecule has 50 heavy (non-hydrogen) atoms. The Labute approximate surface area is 295 Å². The highest BCUT2D eigenvalue weighted by Crippen LogP contribution is 2.32. The van der Waals surface area contributed by atoms with E-state index in [2.05, 4.69) is 0 Å². The smallest absolute Gasteiger partial charge is 0.187 e. The van der Waals surface area contributed by atoms with E-state index in [1.165, 1.54) is 0 Å². The molecule has 0 aliphatic carbocycles. The zero-order valence-corrected chi connectivity index (χ0v) is 28.2. The van der Waals surface area contributed by atoms with Gasteiger partial charge in [0.2, 0.25) is 0 Å². The highest BCUT2D eigenvalue weighted by atomic mass is 16.7. The fourth-order valence-corrected chi connectivity index (χ4v) is 6.03. The molecule has 5 aromatic rings. The van der Waals surface area contributed by atoms with E-state index in [9.17, 15) is 5.11 Å². The molecule has 1 N–H and O–H groups in total. The minimum atomic E-state index is -0.869. The van der Waals surface area contributed by atoms with Gasteiger partial charge < -0.3 is 33.5 Å². The van der Waals surface area contributed by atoms with Gasteiger partial charge in [-0.15, -0.1) is 0 Å². The number of hydrogen-bond donors (Lipinski definition) is 1. The van der Waals surface area contributed by atoms with E-state index in [1.807, 2.05) is 152 Å². The van der Waals surface area contributed by atoms with Gasteiger partial charge >= 0.3 is 0 Å². The van der Waals surface area contributed by atoms with Gasteiger partial charge in [-0.3, -0.25) is 0 Å². The molecule has 0 aromatic heterocycles. The van der Waals surface area contributed by atoms with Crippen LogP contribution in [0.2, 0.25) is 0 Å². The lowest BCUT2D eigenvalue weighted by Gasteiger charge is -2.46. The summed E-state index contributed by atoms with van der Waals surface area (Å²) in [6, 6.07) is 50.0. The second-order valence-electron chi connectivity index (χ2n) is 12.5. The maximum atomic E-state index is 11.0. The Balaban J connectivity index is 1.27. The number of ether oxygens (including phenoxy) is 6. The van der Waals surface area contributed by atoms with Crippen molar-refractivity contribution in [1.82, 2.24) is 0 Å². The van der Waals surface area contributed by atoms with Crippen LogP contribution in [-0.2, 0) is 61.3 Å². The Morgan fingerprint density at radius 1 is 0.460 bits per heavy atom. The summed E-state index contributed by atoms with van der Waals surface area (Å²) in [4.78, 5) is 0. The monoisotopic (exact) mass is 674 g/mol. The van der Waals surface area contributed by atoms with Gasteiger partial charge in [0.25, 0.3) is 0 Å². The van der Waals surface area contributed by atoms with Crippen molar-refractivity contribution in [3.8, 4) is 0 Å². The molecule has 0 spiro atoms. The molecule has 7 nitrogen and oxygen atoms in total. The summed E-state index contributed by atoms with van der Waals surface area (Å²) < 4.78 is 39.5. The Kier molecular flexibility index (Phi) is 13.7. The quantitative estimate of drug-likeness (QED) is 0.105. The third-order valence-electron chi connectivity index (χ3n) is 8.61. The first-order valence-electron chi connectivity index (χ1n) is 17.3. The number of benzene rings is 5. The van der Waals surface area contributed by atoms with Crippen molar-refractivity contribution in [3.63, 3.8) is 0 Å². The summed E-state index contributed by atoms with van der Waals surface area (Å²) >= 11 is 0. The van der Waals surface area contributed by atoms with Crippen molar-refractivity contribution in [2.24, 2.45) is 0 Å². The average molecular weight is 675 g/mol. The van der Waals surface area contributed by atoms with Crippen LogP contribution in [0.3, 0.4) is 0 Å². The fraction of sp³-hybridized carbons (Fsp3) is 0.302. The minimum Gasteiger partial charge on any atom is -0.390 e. The van der Waals surface area contributed by atoms with E-state index >= 15 is 0 Å². The molecule has 5 aromatic carbocycles. The summed E-state index contributed by atoms with van der Waals surface area (Å²) in [6.45, 7) is 1.69. The standard InChI is InChI=1S/C43H46O7/c44-38(26-33-16-6-1-7-17-33)31-49-43-42(48-30-37-24-14-5-15-25-37)41(47-29-36-22-12-4-13-23-36)40(46-28-35-20-10-3-11-21-35)39(50-43)32-45-27-34-18-8-2-9-19-34/h1-25,38-44H,26-32H2/t38?,39-,40-,41+,42-,43-/m1/s1. The van der Waals surface area contributed by atoms with Crippen LogP contribution < -0.4 is 0 Å². The van der Waals surface area contributed by atoms with Gasteiger partial charge in [-0.2, -0.15) is 0 Å². The van der Waals surface area contributed by atoms with Crippen molar-refractivity contribution in [3.05, 3.63) is 179 Å². The van der Waals surface area contributed by atoms with Gasteiger partial charge in [0.05, 0.1) is 45.7 Å². The zero-order valence-electron chi connectivity index (χ0n) is 28.2. The van der Waals surface area contributed by atoms with E-state index in [0.717, 1.165) is 27.8 Å². The summed E-state index contributed by atoms with van der Waals surface area (Å²) in [5, 5.41) is 11.0. The van der Waals surface area contributed by atoms with Crippen molar-refractivity contribution in [1.29, 1.82) is 0 Å². The molecule has 1 aliphatic heterocycles. The van der Waals surface area contributed by atoms with E-state index in [4.69, 9.17) is 28.4 Å². The van der Waals surface area contributed by atoms with E-state index in [-0.39, 0.29) is 13.2 Å². The van der Waals surface area contributed by atoms with Gasteiger partial charge in [0.15, 0.2) is 6.29 Å². The maximum Gasteiger partial charge on any atom is 0.187 e. The lowest BCUT2D eigenvalue weighted by molar-refractivity contribution is -0.330. The minimum absolute atomic E-state index is 0.0449. The zero-order chi connectivity index (χ0) is 34.2. The molecule has 7 heteroatoms.